The molecule has 18 heavy (non-hydrogen) atoms. The molecule has 1 saturated carbocycles. The smallest absolute Gasteiger partial charge is 0.347 e. The summed E-state index contributed by atoms with van der Waals surface area (Å²) in [5, 5.41) is 12.9. The van der Waals surface area contributed by atoms with Gasteiger partial charge in [0.05, 0.1) is 6.20 Å². The number of carbonyl (C=O) groups is 1. The number of thiazole rings is 1. The molecule has 0 bridgehead atoms. The molecule has 1 heterocycles. The summed E-state index contributed by atoms with van der Waals surface area (Å²) in [7, 11) is 0. The minimum absolute atomic E-state index is 0.303. The van der Waals surface area contributed by atoms with Crippen LogP contribution in [0.5, 0.6) is 0 Å². The number of carboxylic acids is 1. The SMILES string of the molecule is CCCC1CCC(Nc2ncc(C(=O)O)s2)CC1. The van der Waals surface area contributed by atoms with Crippen LogP contribution in [0.15, 0.2) is 6.20 Å². The normalized spacial score (nSPS) is 23.8. The van der Waals surface area contributed by atoms with Gasteiger partial charge in [0.25, 0.3) is 0 Å². The van der Waals surface area contributed by atoms with Crippen molar-refractivity contribution in [2.45, 2.75) is 51.5 Å². The Kier molecular flexibility index (Phi) is 4.58. The summed E-state index contributed by atoms with van der Waals surface area (Å²) < 4.78 is 0. The summed E-state index contributed by atoms with van der Waals surface area (Å²) in [6.07, 6.45) is 8.95. The first-order valence-corrected chi connectivity index (χ1v) is 7.46. The summed E-state index contributed by atoms with van der Waals surface area (Å²) >= 11 is 1.22. The zero-order valence-corrected chi connectivity index (χ0v) is 11.5. The van der Waals surface area contributed by atoms with Crippen molar-refractivity contribution in [2.75, 3.05) is 5.32 Å². The second-order valence-electron chi connectivity index (χ2n) is 4.99. The molecule has 2 rings (SSSR count). The molecule has 1 aliphatic rings. The van der Waals surface area contributed by atoms with E-state index < -0.39 is 5.97 Å². The van der Waals surface area contributed by atoms with E-state index >= 15 is 0 Å². The van der Waals surface area contributed by atoms with Crippen LogP contribution in [-0.4, -0.2) is 22.1 Å². The molecule has 1 aliphatic carbocycles. The van der Waals surface area contributed by atoms with Crippen LogP contribution >= 0.6 is 11.3 Å². The minimum Gasteiger partial charge on any atom is -0.477 e. The Labute approximate surface area is 111 Å². The number of aromatic carboxylic acids is 1. The largest absolute Gasteiger partial charge is 0.477 e. The van der Waals surface area contributed by atoms with Crippen LogP contribution in [0.4, 0.5) is 5.13 Å². The lowest BCUT2D eigenvalue weighted by molar-refractivity contribution is 0.0702. The molecule has 0 amide bonds. The van der Waals surface area contributed by atoms with Gasteiger partial charge in [0.2, 0.25) is 0 Å². The highest BCUT2D eigenvalue weighted by Crippen LogP contribution is 2.30. The molecule has 0 unspecified atom stereocenters. The fourth-order valence-corrected chi connectivity index (χ4v) is 3.35. The molecule has 0 atom stereocenters. The molecule has 1 fully saturated rings. The molecule has 1 aromatic rings. The zero-order valence-electron chi connectivity index (χ0n) is 10.7. The fraction of sp³-hybridized carbons (Fsp3) is 0.692. The van der Waals surface area contributed by atoms with Gasteiger partial charge in [-0.1, -0.05) is 31.1 Å². The van der Waals surface area contributed by atoms with Gasteiger partial charge in [-0.25, -0.2) is 9.78 Å². The third kappa shape index (κ3) is 3.45. The van der Waals surface area contributed by atoms with Crippen LogP contribution in [-0.2, 0) is 0 Å². The van der Waals surface area contributed by atoms with Crippen molar-refractivity contribution in [1.82, 2.24) is 4.98 Å². The number of rotatable bonds is 5. The Balaban J connectivity index is 1.82. The van der Waals surface area contributed by atoms with Gasteiger partial charge in [0, 0.05) is 6.04 Å². The second-order valence-corrected chi connectivity index (χ2v) is 6.02. The molecule has 5 heteroatoms. The Morgan fingerprint density at radius 3 is 2.78 bits per heavy atom. The summed E-state index contributed by atoms with van der Waals surface area (Å²) in [4.78, 5) is 15.2. The highest BCUT2D eigenvalue weighted by molar-refractivity contribution is 7.17. The first-order chi connectivity index (χ1) is 8.69. The molecule has 0 spiro atoms. The van der Waals surface area contributed by atoms with Crippen molar-refractivity contribution in [3.8, 4) is 0 Å². The maximum atomic E-state index is 10.8. The Hall–Kier alpha value is -1.10. The number of nitrogens with zero attached hydrogens (tertiary/aromatic N) is 1. The molecule has 0 aromatic carbocycles. The van der Waals surface area contributed by atoms with E-state index in [0.29, 0.717) is 10.9 Å². The maximum absolute atomic E-state index is 10.8. The van der Waals surface area contributed by atoms with Crippen LogP contribution in [0, 0.1) is 5.92 Å². The van der Waals surface area contributed by atoms with Gasteiger partial charge in [0.1, 0.15) is 4.88 Å². The number of carboxylic acid groups (broad SMARTS) is 1. The highest BCUT2D eigenvalue weighted by Gasteiger charge is 2.21. The monoisotopic (exact) mass is 268 g/mol. The topological polar surface area (TPSA) is 62.2 Å². The van der Waals surface area contributed by atoms with E-state index in [-0.39, 0.29) is 0 Å². The van der Waals surface area contributed by atoms with Crippen LogP contribution in [0.25, 0.3) is 0 Å². The number of hydrogen-bond acceptors (Lipinski definition) is 4. The molecule has 4 nitrogen and oxygen atoms in total. The van der Waals surface area contributed by atoms with Gasteiger partial charge in [-0.2, -0.15) is 0 Å². The summed E-state index contributed by atoms with van der Waals surface area (Å²) in [5.41, 5.74) is 0. The van der Waals surface area contributed by atoms with Gasteiger partial charge in [-0.05, 0) is 31.6 Å². The van der Waals surface area contributed by atoms with Crippen LogP contribution in [0.3, 0.4) is 0 Å². The predicted molar refractivity (Wildman–Crippen MR) is 73.4 cm³/mol. The van der Waals surface area contributed by atoms with E-state index in [1.807, 2.05) is 0 Å². The lowest BCUT2D eigenvalue weighted by Crippen LogP contribution is -2.25. The van der Waals surface area contributed by atoms with E-state index in [4.69, 9.17) is 5.11 Å². The van der Waals surface area contributed by atoms with Crippen molar-refractivity contribution < 1.29 is 9.90 Å². The van der Waals surface area contributed by atoms with E-state index in [1.54, 1.807) is 0 Å². The summed E-state index contributed by atoms with van der Waals surface area (Å²) in [5.74, 6) is -0.00821. The van der Waals surface area contributed by atoms with Gasteiger partial charge < -0.3 is 10.4 Å². The van der Waals surface area contributed by atoms with E-state index in [0.717, 1.165) is 11.0 Å². The quantitative estimate of drug-likeness (QED) is 0.856. The van der Waals surface area contributed by atoms with Crippen molar-refractivity contribution in [2.24, 2.45) is 5.92 Å². The number of nitrogens with one attached hydrogen (secondary N) is 1. The average Bonchev–Trinajstić information content (AvgIpc) is 2.81. The summed E-state index contributed by atoms with van der Waals surface area (Å²) in [6, 6.07) is 0.464. The lowest BCUT2D eigenvalue weighted by Gasteiger charge is -2.28. The highest BCUT2D eigenvalue weighted by atomic mass is 32.1. The van der Waals surface area contributed by atoms with Crippen LogP contribution in [0.1, 0.15) is 55.1 Å². The Morgan fingerprint density at radius 2 is 2.22 bits per heavy atom. The molecular weight excluding hydrogens is 248 g/mol. The lowest BCUT2D eigenvalue weighted by atomic mass is 9.83. The van der Waals surface area contributed by atoms with Crippen molar-refractivity contribution in [1.29, 1.82) is 0 Å². The fourth-order valence-electron chi connectivity index (χ4n) is 2.62. The maximum Gasteiger partial charge on any atom is 0.347 e. The second kappa shape index (κ2) is 6.18. The van der Waals surface area contributed by atoms with Gasteiger partial charge >= 0.3 is 5.97 Å². The number of hydrogen-bond donors (Lipinski definition) is 2. The first kappa shape index (κ1) is 13.3. The zero-order chi connectivity index (χ0) is 13.0. The first-order valence-electron chi connectivity index (χ1n) is 6.64. The van der Waals surface area contributed by atoms with E-state index in [1.165, 1.54) is 56.1 Å². The van der Waals surface area contributed by atoms with Crippen molar-refractivity contribution in [3.63, 3.8) is 0 Å². The Morgan fingerprint density at radius 1 is 1.50 bits per heavy atom. The molecule has 0 aliphatic heterocycles. The predicted octanol–water partition coefficient (Wildman–Crippen LogP) is 3.61. The van der Waals surface area contributed by atoms with Crippen LogP contribution in [0.2, 0.25) is 0 Å². The third-order valence-corrected chi connectivity index (χ3v) is 4.50. The molecule has 0 radical (unpaired) electrons. The van der Waals surface area contributed by atoms with Crippen molar-refractivity contribution >= 4 is 22.4 Å². The van der Waals surface area contributed by atoms with Gasteiger partial charge in [-0.15, -0.1) is 0 Å². The van der Waals surface area contributed by atoms with Gasteiger partial charge in [0.15, 0.2) is 5.13 Å². The van der Waals surface area contributed by atoms with Crippen molar-refractivity contribution in [3.05, 3.63) is 11.1 Å². The van der Waals surface area contributed by atoms with E-state index in [9.17, 15) is 4.79 Å². The molecule has 100 valence electrons. The third-order valence-electron chi connectivity index (χ3n) is 3.59. The number of anilines is 1. The molecule has 1 aromatic heterocycles. The minimum atomic E-state index is -0.896. The molecule has 2 N–H and O–H groups in total. The molecule has 0 saturated heterocycles. The summed E-state index contributed by atoms with van der Waals surface area (Å²) in [6.45, 7) is 2.24. The Bertz CT molecular complexity index is 397. The van der Waals surface area contributed by atoms with E-state index in [2.05, 4.69) is 17.2 Å². The average molecular weight is 268 g/mol. The van der Waals surface area contributed by atoms with Crippen LogP contribution < -0.4 is 5.32 Å². The number of aromatic nitrogens is 1. The van der Waals surface area contributed by atoms with Gasteiger partial charge in [-0.3, -0.25) is 0 Å². The molecular formula is C13H20N2O2S. The standard InChI is InChI=1S/C13H20N2O2S/c1-2-3-9-4-6-10(7-5-9)15-13-14-8-11(18-13)12(16)17/h8-10H,2-7H2,1H3,(H,14,15)(H,16,17).